The topological polar surface area (TPSA) is 54.9 Å². The highest BCUT2D eigenvalue weighted by Gasteiger charge is 2.15. The van der Waals surface area contributed by atoms with Crippen molar-refractivity contribution in [3.05, 3.63) is 79.1 Å². The second kappa shape index (κ2) is 5.80. The number of fused-ring (bicyclic) bond motifs is 4. The average Bonchev–Trinajstić information content (AvgIpc) is 2.66. The first-order chi connectivity index (χ1) is 13.8. The predicted octanol–water partition coefficient (Wildman–Crippen LogP) is 4.92. The number of rotatable bonds is 0. The second-order valence-electron chi connectivity index (χ2n) is 8.24. The Labute approximate surface area is 167 Å². The molecule has 1 N–H and O–H groups in total. The van der Waals surface area contributed by atoms with Crippen LogP contribution in [-0.2, 0) is 7.05 Å². The first-order valence-corrected chi connectivity index (χ1v) is 9.77. The molecule has 2 heterocycles. The highest BCUT2D eigenvalue weighted by molar-refractivity contribution is 6.04. The van der Waals surface area contributed by atoms with Crippen LogP contribution >= 0.6 is 0 Å². The van der Waals surface area contributed by atoms with Gasteiger partial charge in [-0.1, -0.05) is 12.1 Å². The lowest BCUT2D eigenvalue weighted by atomic mass is 10.0. The minimum Gasteiger partial charge on any atom is -0.354 e. The number of nitrogens with one attached hydrogen (secondary N) is 1. The van der Waals surface area contributed by atoms with Crippen molar-refractivity contribution in [3.8, 4) is 0 Å². The highest BCUT2D eigenvalue weighted by atomic mass is 16.1. The van der Waals surface area contributed by atoms with E-state index in [1.54, 1.807) is 0 Å². The Balaban J connectivity index is 2.06. The number of benzene rings is 3. The molecule has 4 heteroatoms. The number of aromatic amines is 1. The summed E-state index contributed by atoms with van der Waals surface area (Å²) in [5.74, 6) is 0. The number of aromatic nitrogens is 2. The molecule has 0 atom stereocenters. The molecule has 0 saturated heterocycles. The van der Waals surface area contributed by atoms with Gasteiger partial charge in [0.15, 0.2) is 10.9 Å². The van der Waals surface area contributed by atoms with E-state index in [0.717, 1.165) is 38.8 Å². The molecule has 2 aromatic heterocycles. The van der Waals surface area contributed by atoms with Gasteiger partial charge < -0.3 is 9.55 Å². The fraction of sp³-hybridized carbons (Fsp3) is 0.200. The van der Waals surface area contributed by atoms with Crippen LogP contribution in [0.1, 0.15) is 22.3 Å². The van der Waals surface area contributed by atoms with Gasteiger partial charge in [-0.15, -0.1) is 0 Å². The molecule has 29 heavy (non-hydrogen) atoms. The first kappa shape index (κ1) is 17.7. The van der Waals surface area contributed by atoms with Gasteiger partial charge in [-0.3, -0.25) is 9.59 Å². The van der Waals surface area contributed by atoms with Crippen molar-refractivity contribution in [1.82, 2.24) is 9.55 Å². The van der Waals surface area contributed by atoms with E-state index >= 15 is 0 Å². The van der Waals surface area contributed by atoms with Gasteiger partial charge in [-0.05, 0) is 74.2 Å². The van der Waals surface area contributed by atoms with Crippen molar-refractivity contribution in [1.29, 1.82) is 0 Å². The molecule has 144 valence electrons. The molecule has 0 aliphatic heterocycles. The Bertz CT molecular complexity index is 1640. The lowest BCUT2D eigenvalue weighted by molar-refractivity contribution is 0.996. The highest BCUT2D eigenvalue weighted by Crippen LogP contribution is 2.26. The molecule has 0 amide bonds. The summed E-state index contributed by atoms with van der Waals surface area (Å²) in [6.45, 7) is 8.02. The quantitative estimate of drug-likeness (QED) is 0.387. The summed E-state index contributed by atoms with van der Waals surface area (Å²) in [6, 6.07) is 11.7. The van der Waals surface area contributed by atoms with Gasteiger partial charge in [-0.2, -0.15) is 0 Å². The maximum absolute atomic E-state index is 13.3. The zero-order valence-corrected chi connectivity index (χ0v) is 17.2. The second-order valence-corrected chi connectivity index (χ2v) is 8.24. The van der Waals surface area contributed by atoms with Crippen molar-refractivity contribution in [2.45, 2.75) is 27.7 Å². The van der Waals surface area contributed by atoms with E-state index < -0.39 is 0 Å². The van der Waals surface area contributed by atoms with Crippen LogP contribution in [0, 0.1) is 27.7 Å². The predicted molar refractivity (Wildman–Crippen MR) is 121 cm³/mol. The van der Waals surface area contributed by atoms with Crippen LogP contribution in [0.15, 0.2) is 46.0 Å². The van der Waals surface area contributed by atoms with Gasteiger partial charge in [-0.25, -0.2) is 0 Å². The molecular formula is C25H22N2O2. The monoisotopic (exact) mass is 382 g/mol. The molecule has 0 bridgehead atoms. The van der Waals surface area contributed by atoms with Crippen LogP contribution in [0.5, 0.6) is 0 Å². The van der Waals surface area contributed by atoms with Crippen LogP contribution in [0.2, 0.25) is 0 Å². The van der Waals surface area contributed by atoms with E-state index in [0.29, 0.717) is 27.1 Å². The maximum atomic E-state index is 13.3. The lowest BCUT2D eigenvalue weighted by Crippen LogP contribution is -2.12. The number of aryl methyl sites for hydroxylation is 5. The average molecular weight is 382 g/mol. The number of H-pyrrole nitrogens is 1. The van der Waals surface area contributed by atoms with E-state index in [1.807, 2.05) is 63.6 Å². The fourth-order valence-electron chi connectivity index (χ4n) is 4.78. The Kier molecular flexibility index (Phi) is 3.54. The molecule has 0 spiro atoms. The molecule has 0 fully saturated rings. The van der Waals surface area contributed by atoms with Gasteiger partial charge in [0.05, 0.1) is 22.1 Å². The summed E-state index contributed by atoms with van der Waals surface area (Å²) in [4.78, 5) is 30.1. The fourth-order valence-corrected chi connectivity index (χ4v) is 4.78. The summed E-state index contributed by atoms with van der Waals surface area (Å²) in [5.41, 5.74) is 7.42. The largest absolute Gasteiger partial charge is 0.354 e. The van der Waals surface area contributed by atoms with Crippen LogP contribution in [0.3, 0.4) is 0 Å². The molecular weight excluding hydrogens is 360 g/mol. The summed E-state index contributed by atoms with van der Waals surface area (Å²) < 4.78 is 2.03. The Morgan fingerprint density at radius 2 is 1.31 bits per heavy atom. The van der Waals surface area contributed by atoms with Crippen molar-refractivity contribution in [3.63, 3.8) is 0 Å². The number of hydrogen-bond acceptors (Lipinski definition) is 2. The van der Waals surface area contributed by atoms with Gasteiger partial charge in [0.25, 0.3) is 0 Å². The minimum atomic E-state index is -0.00405. The van der Waals surface area contributed by atoms with E-state index in [9.17, 15) is 9.59 Å². The zero-order chi connectivity index (χ0) is 20.6. The van der Waals surface area contributed by atoms with Crippen molar-refractivity contribution < 1.29 is 0 Å². The lowest BCUT2D eigenvalue weighted by Gasteiger charge is -2.15. The minimum absolute atomic E-state index is 0.00312. The summed E-state index contributed by atoms with van der Waals surface area (Å²) in [7, 11) is 1.96. The van der Waals surface area contributed by atoms with Crippen molar-refractivity contribution in [2.75, 3.05) is 0 Å². The third-order valence-corrected chi connectivity index (χ3v) is 6.00. The molecule has 0 radical (unpaired) electrons. The normalized spacial score (nSPS) is 11.9. The summed E-state index contributed by atoms with van der Waals surface area (Å²) in [5, 5.41) is 2.63. The Morgan fingerprint density at radius 1 is 0.690 bits per heavy atom. The van der Waals surface area contributed by atoms with E-state index in [2.05, 4.69) is 17.1 Å². The van der Waals surface area contributed by atoms with Crippen molar-refractivity contribution >= 4 is 43.6 Å². The first-order valence-electron chi connectivity index (χ1n) is 9.77. The smallest absolute Gasteiger partial charge is 0.197 e. The summed E-state index contributed by atoms with van der Waals surface area (Å²) >= 11 is 0. The Morgan fingerprint density at radius 3 is 2.03 bits per heavy atom. The third kappa shape index (κ3) is 2.38. The van der Waals surface area contributed by atoms with Gasteiger partial charge in [0.1, 0.15) is 0 Å². The SMILES string of the molecule is Cc1cc(C)c2[nH]c3cc4c(=O)c5cc(C)cc(C)c5n(C)c4cc3c(=O)c2c1. The number of hydrogen-bond donors (Lipinski definition) is 1. The molecule has 3 aromatic carbocycles. The molecule has 4 nitrogen and oxygen atoms in total. The molecule has 0 unspecified atom stereocenters. The zero-order valence-electron chi connectivity index (χ0n) is 17.2. The number of pyridine rings is 2. The molecule has 0 saturated carbocycles. The Hall–Kier alpha value is -3.40. The van der Waals surface area contributed by atoms with Crippen LogP contribution in [-0.4, -0.2) is 9.55 Å². The van der Waals surface area contributed by atoms with Crippen LogP contribution < -0.4 is 10.9 Å². The molecule has 5 aromatic rings. The van der Waals surface area contributed by atoms with E-state index in [1.165, 1.54) is 0 Å². The van der Waals surface area contributed by atoms with Crippen LogP contribution in [0.25, 0.3) is 43.6 Å². The van der Waals surface area contributed by atoms with E-state index in [-0.39, 0.29) is 10.9 Å². The van der Waals surface area contributed by atoms with Gasteiger partial charge in [0.2, 0.25) is 0 Å². The van der Waals surface area contributed by atoms with Gasteiger partial charge >= 0.3 is 0 Å². The molecule has 0 aliphatic carbocycles. The third-order valence-electron chi connectivity index (χ3n) is 6.00. The standard InChI is InChI=1S/C25H22N2O2/c1-12-6-14(3)22-18(8-12)24(28)16-11-21-17(10-20(16)26-22)25(29)19-9-13(2)7-15(4)23(19)27(21)5/h6-11H,1-5H3,(H,26,28). The van der Waals surface area contributed by atoms with Crippen molar-refractivity contribution in [2.24, 2.45) is 7.05 Å². The van der Waals surface area contributed by atoms with E-state index in [4.69, 9.17) is 0 Å². The molecule has 5 rings (SSSR count). The van der Waals surface area contributed by atoms with Crippen LogP contribution in [0.4, 0.5) is 0 Å². The summed E-state index contributed by atoms with van der Waals surface area (Å²) in [6.07, 6.45) is 0. The number of nitrogens with zero attached hydrogens (tertiary/aromatic N) is 1. The van der Waals surface area contributed by atoms with Gasteiger partial charge in [0, 0.05) is 28.6 Å². The maximum Gasteiger partial charge on any atom is 0.197 e. The molecule has 0 aliphatic rings.